The summed E-state index contributed by atoms with van der Waals surface area (Å²) in [6, 6.07) is 5.08. The van der Waals surface area contributed by atoms with E-state index in [0.29, 0.717) is 11.3 Å². The maximum Gasteiger partial charge on any atom is 0.293 e. The predicted octanol–water partition coefficient (Wildman–Crippen LogP) is 2.31. The van der Waals surface area contributed by atoms with Crippen molar-refractivity contribution in [2.75, 3.05) is 31.1 Å². The molecular formula is C23H33N4O3+. The molecule has 7 heteroatoms. The second kappa shape index (κ2) is 7.52. The lowest BCUT2D eigenvalue weighted by molar-refractivity contribution is -0.655. The van der Waals surface area contributed by atoms with Gasteiger partial charge in [0.15, 0.2) is 0 Å². The highest BCUT2D eigenvalue weighted by atomic mass is 16.6. The van der Waals surface area contributed by atoms with Gasteiger partial charge in [0.25, 0.3) is 11.6 Å². The smallest absolute Gasteiger partial charge is 0.293 e. The zero-order valence-electron chi connectivity index (χ0n) is 17.8. The Bertz CT molecular complexity index is 814. The highest BCUT2D eigenvalue weighted by molar-refractivity contribution is 5.96. The zero-order valence-corrected chi connectivity index (χ0v) is 17.8. The van der Waals surface area contributed by atoms with E-state index in [1.165, 1.54) is 44.6 Å². The number of carbonyl (C=O) groups excluding carboxylic acids is 1. The molecule has 1 atom stereocenters. The fourth-order valence-electron chi connectivity index (χ4n) is 7.21. The lowest BCUT2D eigenvalue weighted by Crippen LogP contribution is -2.89. The molecule has 7 nitrogen and oxygen atoms in total. The van der Waals surface area contributed by atoms with E-state index in [-0.39, 0.29) is 28.0 Å². The van der Waals surface area contributed by atoms with Crippen molar-refractivity contribution < 1.29 is 15.0 Å². The van der Waals surface area contributed by atoms with Gasteiger partial charge in [0.1, 0.15) is 5.69 Å². The van der Waals surface area contributed by atoms with Crippen LogP contribution in [0.15, 0.2) is 18.2 Å². The Morgan fingerprint density at radius 1 is 1.17 bits per heavy atom. The first kappa shape index (κ1) is 19.8. The average Bonchev–Trinajstić information content (AvgIpc) is 2.73. The number of piperazine rings is 1. The van der Waals surface area contributed by atoms with Gasteiger partial charge in [-0.1, -0.05) is 0 Å². The van der Waals surface area contributed by atoms with E-state index in [0.717, 1.165) is 43.9 Å². The number of nitrogens with zero attached hydrogens (tertiary/aromatic N) is 2. The van der Waals surface area contributed by atoms with Gasteiger partial charge < -0.3 is 15.5 Å². The number of hydrogen-bond donors (Lipinski definition) is 2. The molecule has 1 amide bonds. The fourth-order valence-corrected chi connectivity index (χ4v) is 7.21. The zero-order chi connectivity index (χ0) is 20.9. The number of nitro groups is 1. The lowest BCUT2D eigenvalue weighted by atomic mass is 9.48. The molecule has 1 saturated heterocycles. The van der Waals surface area contributed by atoms with Crippen LogP contribution in [-0.4, -0.2) is 43.1 Å². The normalized spacial score (nSPS) is 33.4. The SMILES string of the molecule is C[C@@H](NC(=O)c1ccc(N2CC[NH2+]CC2)c([N+](=O)[O-])c1)C12CC3CC(CC(C3)C1)C2. The van der Waals surface area contributed by atoms with Crippen LogP contribution >= 0.6 is 0 Å². The third kappa shape index (κ3) is 3.47. The molecule has 0 spiro atoms. The van der Waals surface area contributed by atoms with Crippen LogP contribution in [0.5, 0.6) is 0 Å². The summed E-state index contributed by atoms with van der Waals surface area (Å²) in [6.45, 7) is 5.59. The summed E-state index contributed by atoms with van der Waals surface area (Å²) in [5, 5.41) is 17.2. The molecule has 1 aromatic rings. The summed E-state index contributed by atoms with van der Waals surface area (Å²) in [5.41, 5.74) is 1.28. The molecule has 1 aromatic carbocycles. The number of quaternary nitrogens is 1. The number of nitro benzene ring substituents is 1. The van der Waals surface area contributed by atoms with E-state index in [4.69, 9.17) is 0 Å². The summed E-state index contributed by atoms with van der Waals surface area (Å²) in [7, 11) is 0. The van der Waals surface area contributed by atoms with Crippen molar-refractivity contribution in [3.8, 4) is 0 Å². The Kier molecular flexibility index (Phi) is 4.96. The molecule has 0 unspecified atom stereocenters. The van der Waals surface area contributed by atoms with Crippen LogP contribution in [0, 0.1) is 33.3 Å². The van der Waals surface area contributed by atoms with E-state index in [1.54, 1.807) is 12.1 Å². The second-order valence-corrected chi connectivity index (χ2v) is 10.3. The van der Waals surface area contributed by atoms with Crippen molar-refractivity contribution in [3.05, 3.63) is 33.9 Å². The fraction of sp³-hybridized carbons (Fsp3) is 0.696. The molecule has 162 valence electrons. The van der Waals surface area contributed by atoms with Gasteiger partial charge in [-0.25, -0.2) is 0 Å². The standard InChI is InChI=1S/C23H32N4O3/c1-15(23-12-16-8-17(13-23)10-18(9-16)14-23)25-22(28)19-2-3-20(21(11-19)27(29)30)26-6-4-24-5-7-26/h2-3,11,15-18,24H,4-10,12-14H2,1H3,(H,25,28)/p+1/t15-,16?,17?,18?,23?/m1/s1. The molecule has 0 radical (unpaired) electrons. The second-order valence-electron chi connectivity index (χ2n) is 10.3. The summed E-state index contributed by atoms with van der Waals surface area (Å²) in [6.07, 6.45) is 7.81. The van der Waals surface area contributed by atoms with Crippen molar-refractivity contribution in [1.29, 1.82) is 0 Å². The molecule has 5 fully saturated rings. The maximum atomic E-state index is 13.1. The van der Waals surface area contributed by atoms with Crippen molar-refractivity contribution in [2.45, 2.75) is 51.5 Å². The van der Waals surface area contributed by atoms with E-state index in [9.17, 15) is 14.9 Å². The number of anilines is 1. The monoisotopic (exact) mass is 413 g/mol. The van der Waals surface area contributed by atoms with Gasteiger partial charge in [0, 0.05) is 17.7 Å². The Balaban J connectivity index is 1.33. The van der Waals surface area contributed by atoms with Crippen molar-refractivity contribution in [1.82, 2.24) is 5.32 Å². The van der Waals surface area contributed by atoms with Crippen LogP contribution in [-0.2, 0) is 0 Å². The molecule has 4 bridgehead atoms. The van der Waals surface area contributed by atoms with Gasteiger partial charge in [0.05, 0.1) is 31.1 Å². The van der Waals surface area contributed by atoms with Gasteiger partial charge in [-0.15, -0.1) is 0 Å². The maximum absolute atomic E-state index is 13.1. The Morgan fingerprint density at radius 3 is 2.33 bits per heavy atom. The van der Waals surface area contributed by atoms with Gasteiger partial charge in [0.2, 0.25) is 0 Å². The molecule has 3 N–H and O–H groups in total. The summed E-state index contributed by atoms with van der Waals surface area (Å²) >= 11 is 0. The molecule has 1 aliphatic heterocycles. The first-order valence-electron chi connectivity index (χ1n) is 11.6. The van der Waals surface area contributed by atoms with E-state index < -0.39 is 0 Å². The largest absolute Gasteiger partial charge is 0.355 e. The first-order chi connectivity index (χ1) is 14.4. The van der Waals surface area contributed by atoms with Crippen LogP contribution < -0.4 is 15.5 Å². The molecule has 5 aliphatic rings. The Labute approximate surface area is 177 Å². The Morgan fingerprint density at radius 2 is 1.77 bits per heavy atom. The molecule has 4 aliphatic carbocycles. The average molecular weight is 414 g/mol. The third-order valence-electron chi connectivity index (χ3n) is 8.33. The molecule has 1 heterocycles. The van der Waals surface area contributed by atoms with Crippen LogP contribution in [0.1, 0.15) is 55.8 Å². The minimum atomic E-state index is -0.354. The predicted molar refractivity (Wildman–Crippen MR) is 115 cm³/mol. The van der Waals surface area contributed by atoms with Gasteiger partial charge >= 0.3 is 0 Å². The number of rotatable bonds is 5. The van der Waals surface area contributed by atoms with E-state index in [1.807, 2.05) is 0 Å². The number of hydrogen-bond acceptors (Lipinski definition) is 4. The summed E-state index contributed by atoms with van der Waals surface area (Å²) < 4.78 is 0. The minimum absolute atomic E-state index is 0.0343. The van der Waals surface area contributed by atoms with E-state index >= 15 is 0 Å². The summed E-state index contributed by atoms with van der Waals surface area (Å²) in [4.78, 5) is 26.5. The van der Waals surface area contributed by atoms with E-state index in [2.05, 4.69) is 22.5 Å². The number of nitrogens with two attached hydrogens (primary N) is 1. The minimum Gasteiger partial charge on any atom is -0.355 e. The molecule has 4 saturated carbocycles. The molecule has 6 rings (SSSR count). The van der Waals surface area contributed by atoms with Crippen LogP contribution in [0.25, 0.3) is 0 Å². The number of benzene rings is 1. The molecule has 30 heavy (non-hydrogen) atoms. The van der Waals surface area contributed by atoms with Crippen molar-refractivity contribution in [2.24, 2.45) is 23.2 Å². The van der Waals surface area contributed by atoms with Crippen LogP contribution in [0.2, 0.25) is 0 Å². The van der Waals surface area contributed by atoms with Gasteiger partial charge in [-0.05, 0) is 80.8 Å². The lowest BCUT2D eigenvalue weighted by Gasteiger charge is -2.59. The van der Waals surface area contributed by atoms with Crippen molar-refractivity contribution >= 4 is 17.3 Å². The Hall–Kier alpha value is -2.15. The molecular weight excluding hydrogens is 380 g/mol. The highest BCUT2D eigenvalue weighted by Crippen LogP contribution is 2.61. The number of amides is 1. The van der Waals surface area contributed by atoms with Gasteiger partial charge in [-0.2, -0.15) is 0 Å². The number of nitrogens with one attached hydrogen (secondary N) is 1. The van der Waals surface area contributed by atoms with Crippen LogP contribution in [0.4, 0.5) is 11.4 Å². The quantitative estimate of drug-likeness (QED) is 0.572. The first-order valence-corrected chi connectivity index (χ1v) is 11.6. The molecule has 0 aromatic heterocycles. The highest BCUT2D eigenvalue weighted by Gasteiger charge is 2.53. The third-order valence-corrected chi connectivity index (χ3v) is 8.33. The summed E-state index contributed by atoms with van der Waals surface area (Å²) in [5.74, 6) is 2.31. The van der Waals surface area contributed by atoms with Crippen molar-refractivity contribution in [3.63, 3.8) is 0 Å². The topological polar surface area (TPSA) is 92.1 Å². The number of carbonyl (C=O) groups is 1. The van der Waals surface area contributed by atoms with Crippen LogP contribution in [0.3, 0.4) is 0 Å². The van der Waals surface area contributed by atoms with Gasteiger partial charge in [-0.3, -0.25) is 14.9 Å².